The van der Waals surface area contributed by atoms with E-state index in [4.69, 9.17) is 28.4 Å². The molecule has 3 fully saturated rings. The molecule has 0 radical (unpaired) electrons. The molecule has 0 unspecified atom stereocenters. The number of ketones is 2. The number of fused-ring (bicyclic) bond motifs is 3. The van der Waals surface area contributed by atoms with Gasteiger partial charge in [-0.3, -0.25) is 14.4 Å². The number of benzene rings is 1. The highest BCUT2D eigenvalue weighted by Gasteiger charge is 2.56. The third-order valence-electron chi connectivity index (χ3n) is 14.4. The summed E-state index contributed by atoms with van der Waals surface area (Å²) in [7, 11) is 4.65. The van der Waals surface area contributed by atoms with Crippen LogP contribution >= 0.6 is 0 Å². The molecule has 0 spiro atoms. The molecule has 2 saturated heterocycles. The maximum Gasteiger partial charge on any atom is 0.407 e. The first-order valence-electron chi connectivity index (χ1n) is 24.0. The molecule has 15 nitrogen and oxygen atoms in total. The highest BCUT2D eigenvalue weighted by atomic mass is 16.7. The molecule has 1 aliphatic carbocycles. The largest absolute Gasteiger partial charge is 0.456 e. The third-order valence-corrected chi connectivity index (χ3v) is 14.4. The van der Waals surface area contributed by atoms with Gasteiger partial charge < -0.3 is 48.9 Å². The minimum Gasteiger partial charge on any atom is -0.456 e. The molecule has 3 aliphatic heterocycles. The van der Waals surface area contributed by atoms with Crippen molar-refractivity contribution < 1.29 is 62.6 Å². The molecule has 0 aromatic heterocycles. The monoisotopic (exact) mass is 925 g/mol. The predicted molar refractivity (Wildman–Crippen MR) is 246 cm³/mol. The fraction of sp³-hybridized carbons (Fsp3) is 0.706. The number of aliphatic hydroxyl groups is 2. The highest BCUT2D eigenvalue weighted by Crippen LogP contribution is 2.39. The quantitative estimate of drug-likeness (QED) is 0.140. The number of esters is 1. The van der Waals surface area contributed by atoms with Crippen LogP contribution in [0.1, 0.15) is 118 Å². The second-order valence-corrected chi connectivity index (χ2v) is 19.4. The van der Waals surface area contributed by atoms with Gasteiger partial charge in [-0.05, 0) is 101 Å². The number of carbonyl (C=O) groups is 5. The third kappa shape index (κ3) is 13.2. The standard InChI is InChI=1S/C51H76N2O13/c1-10-37-23-30(2)22-31(3)24-43(62-8)46-44(63-9)26-33(5)51(60,66-46)47(56)48(57)53-21-15-14-18-39(53)49(58)65-45(34(6)40(54)28-41(37)55)32(4)25-36-19-20-38(42(27-36)61-7)52-50(59)64-29-35-16-12-11-13-17-35/h11-13,16-17,23,25,31,33-34,36-40,42-46,54,60H,10,14-15,18-22,24,26-29H2,1-9H3,(H,52,59)/b30-23+,32-25+/t31-,33+,34+,36-,37+,38-,39-,40-,42+,43-,44-,45+,46+,51+/m0/s1. The molecule has 66 heavy (non-hydrogen) atoms. The average Bonchev–Trinajstić information content (AvgIpc) is 3.31. The molecular formula is C51H76N2O13. The van der Waals surface area contributed by atoms with Crippen molar-refractivity contribution in [2.75, 3.05) is 27.9 Å². The molecule has 368 valence electrons. The van der Waals surface area contributed by atoms with Crippen LogP contribution in [-0.2, 0) is 54.2 Å². The van der Waals surface area contributed by atoms with Crippen molar-refractivity contribution in [1.82, 2.24) is 10.2 Å². The van der Waals surface area contributed by atoms with Crippen LogP contribution in [0.2, 0.25) is 0 Å². The number of methoxy groups -OCH3 is 3. The number of nitrogens with zero attached hydrogens (tertiary/aromatic N) is 1. The van der Waals surface area contributed by atoms with E-state index >= 15 is 0 Å². The van der Waals surface area contributed by atoms with E-state index in [0.717, 1.165) is 11.1 Å². The Morgan fingerprint density at radius 2 is 1.61 bits per heavy atom. The Labute approximate surface area is 391 Å². The normalized spacial score (nSPS) is 36.8. The Morgan fingerprint density at radius 3 is 2.27 bits per heavy atom. The zero-order valence-corrected chi connectivity index (χ0v) is 40.6. The van der Waals surface area contributed by atoms with E-state index in [1.807, 2.05) is 70.2 Å². The van der Waals surface area contributed by atoms with Crippen molar-refractivity contribution in [2.24, 2.45) is 29.6 Å². The summed E-state index contributed by atoms with van der Waals surface area (Å²) in [6, 6.07) is 7.94. The summed E-state index contributed by atoms with van der Waals surface area (Å²) in [4.78, 5) is 71.1. The van der Waals surface area contributed by atoms with Gasteiger partial charge in [-0.2, -0.15) is 0 Å². The molecule has 2 bridgehead atoms. The van der Waals surface area contributed by atoms with Crippen molar-refractivity contribution in [2.45, 2.75) is 173 Å². The van der Waals surface area contributed by atoms with Crippen molar-refractivity contribution in [1.29, 1.82) is 0 Å². The van der Waals surface area contributed by atoms with E-state index in [1.54, 1.807) is 21.0 Å². The number of ether oxygens (including phenoxy) is 6. The molecule has 4 aliphatic rings. The first kappa shape index (κ1) is 53.0. The van der Waals surface area contributed by atoms with E-state index in [1.165, 1.54) is 19.1 Å². The molecule has 15 heteroatoms. The van der Waals surface area contributed by atoms with Crippen LogP contribution in [0.4, 0.5) is 4.79 Å². The van der Waals surface area contributed by atoms with Crippen molar-refractivity contribution in [3.63, 3.8) is 0 Å². The number of rotatable bonds is 9. The van der Waals surface area contributed by atoms with Crippen molar-refractivity contribution in [3.8, 4) is 0 Å². The molecule has 1 aromatic carbocycles. The fourth-order valence-corrected chi connectivity index (χ4v) is 10.5. The van der Waals surface area contributed by atoms with Crippen LogP contribution < -0.4 is 5.32 Å². The topological polar surface area (TPSA) is 196 Å². The average molecular weight is 925 g/mol. The van der Waals surface area contributed by atoms with E-state index in [0.29, 0.717) is 56.9 Å². The fourth-order valence-electron chi connectivity index (χ4n) is 10.5. The van der Waals surface area contributed by atoms with Gasteiger partial charge in [-0.1, -0.05) is 75.8 Å². The maximum absolute atomic E-state index is 14.5. The van der Waals surface area contributed by atoms with E-state index < -0.39 is 83.9 Å². The van der Waals surface area contributed by atoms with Crippen LogP contribution in [0.25, 0.3) is 0 Å². The summed E-state index contributed by atoms with van der Waals surface area (Å²) < 4.78 is 35.7. The Balaban J connectivity index is 1.44. The number of carbonyl (C=O) groups excluding carboxylic acids is 5. The number of hydrogen-bond donors (Lipinski definition) is 3. The summed E-state index contributed by atoms with van der Waals surface area (Å²) in [6.07, 6.45) is 3.47. The van der Waals surface area contributed by atoms with Crippen molar-refractivity contribution in [3.05, 3.63) is 59.2 Å². The van der Waals surface area contributed by atoms with Crippen LogP contribution in [0.3, 0.4) is 0 Å². The molecule has 1 saturated carbocycles. The Bertz CT molecular complexity index is 1870. The first-order valence-corrected chi connectivity index (χ1v) is 24.0. The number of nitrogens with one attached hydrogen (secondary N) is 1. The van der Waals surface area contributed by atoms with Gasteiger partial charge in [0.1, 0.15) is 30.6 Å². The van der Waals surface area contributed by atoms with Gasteiger partial charge in [0.05, 0.1) is 30.5 Å². The van der Waals surface area contributed by atoms with Gasteiger partial charge in [0.15, 0.2) is 0 Å². The number of aliphatic hydroxyl groups excluding tert-OH is 1. The van der Waals surface area contributed by atoms with Crippen molar-refractivity contribution >= 4 is 29.5 Å². The summed E-state index contributed by atoms with van der Waals surface area (Å²) in [5.74, 6) is -7.76. The number of Topliss-reactive ketones (excluding diaryl/α,β-unsaturated/α-hetero) is 2. The lowest BCUT2D eigenvalue weighted by Gasteiger charge is -2.47. The van der Waals surface area contributed by atoms with Crippen LogP contribution in [0, 0.1) is 29.6 Å². The molecule has 5 rings (SSSR count). The lowest BCUT2D eigenvalue weighted by Crippen LogP contribution is -2.64. The minimum atomic E-state index is -2.52. The van der Waals surface area contributed by atoms with Gasteiger partial charge in [0.2, 0.25) is 5.79 Å². The lowest BCUT2D eigenvalue weighted by atomic mass is 9.81. The molecular weight excluding hydrogens is 849 g/mol. The SMILES string of the molecule is CC[C@@H]1/C=C(\C)C[C@H](C)C[C@H](OC)[C@H]2O[C@@](O)(C(=O)C(=O)N3CCCC[C@H]3C(=O)O[C@H](/C(C)=C/[C@@H]3CC[C@H](NC(=O)OCc4ccccc4)[C@H](OC)C3)[C@H](C)[C@@H](O)CC1=O)[C@H](C)C[C@@H]2OC. The van der Waals surface area contributed by atoms with E-state index in [-0.39, 0.29) is 62.2 Å². The van der Waals surface area contributed by atoms with Gasteiger partial charge >= 0.3 is 12.1 Å². The van der Waals surface area contributed by atoms with Gasteiger partial charge in [0, 0.05) is 52.0 Å². The molecule has 3 heterocycles. The Hall–Kier alpha value is -3.99. The highest BCUT2D eigenvalue weighted by molar-refractivity contribution is 6.39. The van der Waals surface area contributed by atoms with Crippen LogP contribution in [-0.4, -0.2) is 127 Å². The zero-order chi connectivity index (χ0) is 48.3. The number of hydrogen-bond acceptors (Lipinski definition) is 13. The molecule has 1 aromatic rings. The van der Waals surface area contributed by atoms with E-state index in [9.17, 15) is 34.2 Å². The van der Waals surface area contributed by atoms with Crippen LogP contribution in [0.5, 0.6) is 0 Å². The van der Waals surface area contributed by atoms with E-state index in [2.05, 4.69) is 5.32 Å². The summed E-state index contributed by atoms with van der Waals surface area (Å²) >= 11 is 0. The maximum atomic E-state index is 14.5. The molecule has 14 atom stereocenters. The summed E-state index contributed by atoms with van der Waals surface area (Å²) in [5, 5.41) is 26.9. The lowest BCUT2D eigenvalue weighted by molar-refractivity contribution is -0.302. The summed E-state index contributed by atoms with van der Waals surface area (Å²) in [6.45, 7) is 11.4. The van der Waals surface area contributed by atoms with Gasteiger partial charge in [-0.15, -0.1) is 0 Å². The number of allylic oxidation sites excluding steroid dienone is 3. The predicted octanol–water partition coefficient (Wildman–Crippen LogP) is 6.41. The number of piperidine rings is 1. The smallest absolute Gasteiger partial charge is 0.407 e. The zero-order valence-electron chi connectivity index (χ0n) is 40.6. The summed E-state index contributed by atoms with van der Waals surface area (Å²) in [5.41, 5.74) is 2.49. The second-order valence-electron chi connectivity index (χ2n) is 19.4. The van der Waals surface area contributed by atoms with Gasteiger partial charge in [-0.25, -0.2) is 9.59 Å². The first-order chi connectivity index (χ1) is 31.4. The molecule has 2 amide bonds. The van der Waals surface area contributed by atoms with Gasteiger partial charge in [0.25, 0.3) is 11.7 Å². The Morgan fingerprint density at radius 1 is 0.924 bits per heavy atom. The molecule has 3 N–H and O–H groups in total. The Kier molecular flexibility index (Phi) is 19.5. The number of alkyl carbamates (subject to hydrolysis) is 1. The number of cyclic esters (lactones) is 1. The second kappa shape index (κ2) is 24.3. The number of amides is 2. The minimum absolute atomic E-state index is 0.0177. The van der Waals surface area contributed by atoms with Crippen LogP contribution in [0.15, 0.2) is 53.6 Å².